The summed E-state index contributed by atoms with van der Waals surface area (Å²) in [6.45, 7) is 9.92. The Morgan fingerprint density at radius 3 is 2.56 bits per heavy atom. The Morgan fingerprint density at radius 1 is 1.24 bits per heavy atom. The molecule has 1 aliphatic rings. The van der Waals surface area contributed by atoms with Crippen molar-refractivity contribution >= 4 is 56.2 Å². The van der Waals surface area contributed by atoms with E-state index >= 15 is 0 Å². The van der Waals surface area contributed by atoms with Crippen LogP contribution in [0.5, 0.6) is 0 Å². The Kier molecular flexibility index (Phi) is 11.8. The quantitative estimate of drug-likeness (QED) is 0.470. The lowest BCUT2D eigenvalue weighted by Crippen LogP contribution is -2.48. The van der Waals surface area contributed by atoms with Crippen LogP contribution >= 0.6 is 27.0 Å². The summed E-state index contributed by atoms with van der Waals surface area (Å²) in [6.07, 6.45) is 0.716. The molecule has 2 heterocycles. The average Bonchev–Trinajstić information content (AvgIpc) is 3.16. The molecule has 0 aliphatic carbocycles. The number of benzene rings is 1. The van der Waals surface area contributed by atoms with Crippen LogP contribution in [0.25, 0.3) is 0 Å². The van der Waals surface area contributed by atoms with Gasteiger partial charge in [0.05, 0.1) is 37.1 Å². The maximum atomic E-state index is 12.7. The number of nitrogens with one attached hydrogen (secondary N) is 2. The number of anilines is 3. The molecule has 3 N–H and O–H groups in total. The van der Waals surface area contributed by atoms with E-state index in [-0.39, 0.29) is 45.4 Å². The fraction of sp³-hybridized carbons (Fsp3) is 0.522. The highest BCUT2D eigenvalue weighted by Gasteiger charge is 2.28. The number of carboxylic acids is 1. The minimum absolute atomic E-state index is 0. The number of hydrogen-bond acceptors (Lipinski definition) is 6. The van der Waals surface area contributed by atoms with E-state index in [1.165, 1.54) is 0 Å². The maximum Gasteiger partial charge on any atom is 0.325 e. The summed E-state index contributed by atoms with van der Waals surface area (Å²) < 4.78 is 10.7. The third-order valence-electron chi connectivity index (χ3n) is 5.77. The highest BCUT2D eigenvalue weighted by molar-refractivity contribution is 7.59. The van der Waals surface area contributed by atoms with Crippen molar-refractivity contribution in [1.82, 2.24) is 5.16 Å². The van der Waals surface area contributed by atoms with E-state index in [4.69, 9.17) is 9.26 Å². The van der Waals surface area contributed by atoms with Crippen molar-refractivity contribution in [3.8, 4) is 0 Å². The Bertz CT molecular complexity index is 953. The normalized spacial score (nSPS) is 16.3. The summed E-state index contributed by atoms with van der Waals surface area (Å²) in [5.74, 6) is 0.277. The van der Waals surface area contributed by atoms with Gasteiger partial charge in [-0.05, 0) is 42.9 Å². The topological polar surface area (TPSA) is 117 Å². The molecule has 11 heteroatoms. The van der Waals surface area contributed by atoms with Crippen LogP contribution in [0.2, 0.25) is 0 Å². The zero-order valence-corrected chi connectivity index (χ0v) is 22.1. The summed E-state index contributed by atoms with van der Waals surface area (Å²) in [5, 5.41) is 18.7. The SMILES string of the molecule is CC[C@@H](CC(=O)O)c1ccc(N2CCOC[C@@H]2C(C)C)c(NC(=O)Nc2cc(C)on2)c1.S.S. The molecule has 1 aliphatic heterocycles. The van der Waals surface area contributed by atoms with Gasteiger partial charge in [-0.15, -0.1) is 0 Å². The highest BCUT2D eigenvalue weighted by Crippen LogP contribution is 2.35. The van der Waals surface area contributed by atoms with Crippen LogP contribution in [-0.2, 0) is 9.53 Å². The largest absolute Gasteiger partial charge is 0.481 e. The van der Waals surface area contributed by atoms with Crippen molar-refractivity contribution in [1.29, 1.82) is 0 Å². The molecule has 9 nitrogen and oxygen atoms in total. The second kappa shape index (κ2) is 13.5. The molecular formula is C23H36N4O5S2. The van der Waals surface area contributed by atoms with Crippen LogP contribution in [0, 0.1) is 12.8 Å². The second-order valence-electron chi connectivity index (χ2n) is 8.46. The molecule has 190 valence electrons. The van der Waals surface area contributed by atoms with Crippen LogP contribution in [0.15, 0.2) is 28.8 Å². The molecule has 1 aromatic carbocycles. The first-order valence-electron chi connectivity index (χ1n) is 11.0. The van der Waals surface area contributed by atoms with Crippen molar-refractivity contribution in [3.63, 3.8) is 0 Å². The molecule has 2 atom stereocenters. The molecule has 34 heavy (non-hydrogen) atoms. The van der Waals surface area contributed by atoms with E-state index in [1.54, 1.807) is 13.0 Å². The fourth-order valence-electron chi connectivity index (χ4n) is 4.04. The number of morpholine rings is 1. The first-order chi connectivity index (χ1) is 15.3. The number of amides is 2. The summed E-state index contributed by atoms with van der Waals surface area (Å²) in [4.78, 5) is 26.3. The predicted molar refractivity (Wildman–Crippen MR) is 143 cm³/mol. The molecule has 2 aromatic rings. The number of carbonyl (C=O) groups is 2. The molecule has 1 aromatic heterocycles. The van der Waals surface area contributed by atoms with Crippen molar-refractivity contribution in [3.05, 3.63) is 35.6 Å². The van der Waals surface area contributed by atoms with Crippen LogP contribution in [0.4, 0.5) is 22.0 Å². The van der Waals surface area contributed by atoms with E-state index in [0.29, 0.717) is 49.4 Å². The zero-order valence-electron chi connectivity index (χ0n) is 20.1. The molecule has 0 bridgehead atoms. The number of carboxylic acid groups (broad SMARTS) is 1. The van der Waals surface area contributed by atoms with Gasteiger partial charge in [0.2, 0.25) is 0 Å². The molecule has 1 fully saturated rings. The summed E-state index contributed by atoms with van der Waals surface area (Å²) in [6, 6.07) is 7.16. The van der Waals surface area contributed by atoms with Gasteiger partial charge in [-0.25, -0.2) is 4.79 Å². The number of ether oxygens (including phenoxy) is 1. The Balaban J connectivity index is 0.00000289. The smallest absolute Gasteiger partial charge is 0.325 e. The minimum Gasteiger partial charge on any atom is -0.481 e. The van der Waals surface area contributed by atoms with Crippen molar-refractivity contribution < 1.29 is 24.0 Å². The average molecular weight is 513 g/mol. The predicted octanol–water partition coefficient (Wildman–Crippen LogP) is 4.68. The molecule has 0 saturated carbocycles. The molecule has 0 spiro atoms. The van der Waals surface area contributed by atoms with Gasteiger partial charge < -0.3 is 24.6 Å². The lowest BCUT2D eigenvalue weighted by Gasteiger charge is -2.40. The number of nitrogens with zero attached hydrogens (tertiary/aromatic N) is 2. The molecule has 1 saturated heterocycles. The van der Waals surface area contributed by atoms with Crippen molar-refractivity contribution in [2.75, 3.05) is 35.3 Å². The van der Waals surface area contributed by atoms with E-state index in [2.05, 4.69) is 34.5 Å². The number of aromatic nitrogens is 1. The monoisotopic (exact) mass is 512 g/mol. The van der Waals surface area contributed by atoms with Gasteiger partial charge in [0.25, 0.3) is 0 Å². The van der Waals surface area contributed by atoms with E-state index in [0.717, 1.165) is 11.3 Å². The second-order valence-corrected chi connectivity index (χ2v) is 8.46. The summed E-state index contributed by atoms with van der Waals surface area (Å²) in [7, 11) is 0. The first kappa shape index (κ1) is 29.7. The number of carbonyl (C=O) groups excluding carboxylic acids is 1. The molecule has 0 radical (unpaired) electrons. The van der Waals surface area contributed by atoms with Crippen molar-refractivity contribution in [2.24, 2.45) is 5.92 Å². The van der Waals surface area contributed by atoms with Crippen molar-refractivity contribution in [2.45, 2.75) is 52.5 Å². The van der Waals surface area contributed by atoms with Gasteiger partial charge in [-0.3, -0.25) is 10.1 Å². The van der Waals surface area contributed by atoms with Gasteiger partial charge >= 0.3 is 12.0 Å². The Hall–Kier alpha value is -2.37. The minimum atomic E-state index is -0.845. The van der Waals surface area contributed by atoms with Gasteiger partial charge in [0, 0.05) is 12.6 Å². The third kappa shape index (κ3) is 7.57. The summed E-state index contributed by atoms with van der Waals surface area (Å²) >= 11 is 0. The van der Waals surface area contributed by atoms with Crippen LogP contribution in [-0.4, -0.2) is 48.1 Å². The molecule has 2 amide bonds. The Labute approximate surface area is 214 Å². The van der Waals surface area contributed by atoms with Gasteiger partial charge in [-0.2, -0.15) is 27.0 Å². The van der Waals surface area contributed by atoms with Crippen LogP contribution in [0.1, 0.15) is 50.9 Å². The molecule has 0 unspecified atom stereocenters. The zero-order chi connectivity index (χ0) is 23.3. The number of rotatable bonds is 8. The van der Waals surface area contributed by atoms with Gasteiger partial charge in [0.15, 0.2) is 5.82 Å². The van der Waals surface area contributed by atoms with Crippen LogP contribution in [0.3, 0.4) is 0 Å². The third-order valence-corrected chi connectivity index (χ3v) is 5.77. The summed E-state index contributed by atoms with van der Waals surface area (Å²) in [5.41, 5.74) is 2.38. The van der Waals surface area contributed by atoms with Crippen LogP contribution < -0.4 is 15.5 Å². The van der Waals surface area contributed by atoms with Gasteiger partial charge in [0.1, 0.15) is 5.76 Å². The number of hydrogen-bond donors (Lipinski definition) is 3. The molecular weight excluding hydrogens is 476 g/mol. The maximum absolute atomic E-state index is 12.7. The van der Waals surface area contributed by atoms with E-state index in [9.17, 15) is 14.7 Å². The lowest BCUT2D eigenvalue weighted by molar-refractivity contribution is -0.137. The highest BCUT2D eigenvalue weighted by atomic mass is 32.1. The van der Waals surface area contributed by atoms with Gasteiger partial charge in [-0.1, -0.05) is 32.0 Å². The molecule has 3 rings (SSSR count). The number of aliphatic carboxylic acids is 1. The van der Waals surface area contributed by atoms with E-state index in [1.807, 2.05) is 25.1 Å². The Morgan fingerprint density at radius 2 is 1.97 bits per heavy atom. The fourth-order valence-corrected chi connectivity index (χ4v) is 4.04. The lowest BCUT2D eigenvalue weighted by atomic mass is 9.92. The number of urea groups is 1. The number of aryl methyl sites for hydroxylation is 1. The first-order valence-corrected chi connectivity index (χ1v) is 11.0. The standard InChI is InChI=1S/C23H32N4O5.2H2S/c1-5-16(12-22(28)29)17-6-7-19(27-8-9-31-13-20(27)14(2)3)18(11-17)24-23(30)25-21-10-15(4)32-26-21;;/h6-7,10-11,14,16,20H,5,8-9,12-13H2,1-4H3,(H,28,29)(H2,24,25,26,30);2*1H2/t16-,20+;;/m0../s1. The van der Waals surface area contributed by atoms with E-state index < -0.39 is 12.0 Å².